The van der Waals surface area contributed by atoms with Crippen LogP contribution in [-0.4, -0.2) is 31.5 Å². The van der Waals surface area contributed by atoms with Crippen LogP contribution in [0.4, 0.5) is 34.9 Å². The van der Waals surface area contributed by atoms with Crippen LogP contribution in [-0.2, 0) is 16.2 Å². The van der Waals surface area contributed by atoms with Crippen LogP contribution in [0.15, 0.2) is 65.7 Å². The summed E-state index contributed by atoms with van der Waals surface area (Å²) in [6.45, 7) is 0. The number of alkyl halides is 3. The molecule has 3 rings (SSSR count). The number of benzene rings is 2. The first-order chi connectivity index (χ1) is 16.3. The summed E-state index contributed by atoms with van der Waals surface area (Å²) in [5, 5.41) is 5.06. The van der Waals surface area contributed by atoms with Crippen LogP contribution in [0.2, 0.25) is 5.02 Å². The van der Waals surface area contributed by atoms with Gasteiger partial charge in [-0.3, -0.25) is 14.8 Å². The Bertz CT molecular complexity index is 1360. The Balaban J connectivity index is 1.93. The molecule has 0 atom stereocenters. The summed E-state index contributed by atoms with van der Waals surface area (Å²) in [5.41, 5.74) is -0.966. The fraction of sp³-hybridized carbons (Fsp3) is 0.0952. The van der Waals surface area contributed by atoms with Crippen molar-refractivity contribution in [2.75, 3.05) is 16.3 Å². The van der Waals surface area contributed by atoms with E-state index in [1.165, 1.54) is 24.3 Å². The van der Waals surface area contributed by atoms with Gasteiger partial charge in [0.15, 0.2) is 5.82 Å². The molecule has 0 spiro atoms. The maximum Gasteiger partial charge on any atom is 0.416 e. The number of amides is 1. The third kappa shape index (κ3) is 7.93. The van der Waals surface area contributed by atoms with Crippen molar-refractivity contribution in [3.63, 3.8) is 0 Å². The van der Waals surface area contributed by atoms with E-state index in [-0.39, 0.29) is 33.9 Å². The third-order valence-electron chi connectivity index (χ3n) is 4.08. The Morgan fingerprint density at radius 3 is 2.34 bits per heavy atom. The predicted octanol–water partition coefficient (Wildman–Crippen LogP) is 4.79. The summed E-state index contributed by atoms with van der Waals surface area (Å²) in [4.78, 5) is 20.8. The Labute approximate surface area is 202 Å². The molecule has 3 N–H and O–H groups in total. The molecule has 0 aliphatic carbocycles. The van der Waals surface area contributed by atoms with Gasteiger partial charge in [-0.2, -0.15) is 18.2 Å². The minimum absolute atomic E-state index is 0.0402. The van der Waals surface area contributed by atoms with E-state index < -0.39 is 33.5 Å². The van der Waals surface area contributed by atoms with Crippen molar-refractivity contribution in [1.29, 1.82) is 0 Å². The Morgan fingerprint density at radius 1 is 1.06 bits per heavy atom. The number of rotatable bonds is 5. The highest BCUT2D eigenvalue weighted by Crippen LogP contribution is 2.29. The molecule has 184 valence electrons. The van der Waals surface area contributed by atoms with Gasteiger partial charge in [-0.15, -0.1) is 0 Å². The van der Waals surface area contributed by atoms with Crippen molar-refractivity contribution in [3.05, 3.63) is 82.6 Å². The van der Waals surface area contributed by atoms with Crippen LogP contribution < -0.4 is 15.4 Å². The Morgan fingerprint density at radius 2 is 1.74 bits per heavy atom. The van der Waals surface area contributed by atoms with Crippen molar-refractivity contribution >= 4 is 50.8 Å². The number of nitrogens with zero attached hydrogens (tertiary/aromatic N) is 2. The van der Waals surface area contributed by atoms with Crippen molar-refractivity contribution in [3.8, 4) is 0 Å². The number of hydrogen-bond donors (Lipinski definition) is 3. The van der Waals surface area contributed by atoms with E-state index in [0.29, 0.717) is 0 Å². The quantitative estimate of drug-likeness (QED) is 0.250. The van der Waals surface area contributed by atoms with Gasteiger partial charge in [0.05, 0.1) is 11.8 Å². The van der Waals surface area contributed by atoms with Gasteiger partial charge in [0.2, 0.25) is 16.0 Å². The van der Waals surface area contributed by atoms with E-state index in [2.05, 4.69) is 25.3 Å². The number of guanidine groups is 1. The molecule has 0 saturated carbocycles. The fourth-order valence-corrected chi connectivity index (χ4v) is 3.40. The lowest BCUT2D eigenvalue weighted by Crippen LogP contribution is -2.36. The molecule has 14 heteroatoms. The molecule has 8 nitrogen and oxygen atoms in total. The number of carbonyl (C=O) groups is 1. The van der Waals surface area contributed by atoms with Gasteiger partial charge in [-0.25, -0.2) is 17.8 Å². The molecule has 0 saturated heterocycles. The number of pyridine rings is 1. The van der Waals surface area contributed by atoms with Crippen molar-refractivity contribution in [1.82, 2.24) is 10.3 Å². The smallest absolute Gasteiger partial charge is 0.325 e. The van der Waals surface area contributed by atoms with E-state index in [1.807, 2.05) is 0 Å². The first-order valence-electron chi connectivity index (χ1n) is 9.54. The van der Waals surface area contributed by atoms with E-state index in [1.54, 1.807) is 0 Å². The van der Waals surface area contributed by atoms with E-state index in [0.717, 1.165) is 42.7 Å². The van der Waals surface area contributed by atoms with Crippen LogP contribution in [0.3, 0.4) is 0 Å². The van der Waals surface area contributed by atoms with Gasteiger partial charge in [0.25, 0.3) is 5.91 Å². The van der Waals surface area contributed by atoms with Crippen molar-refractivity contribution in [2.45, 2.75) is 6.18 Å². The minimum Gasteiger partial charge on any atom is -0.325 e. The lowest BCUT2D eigenvalue weighted by atomic mass is 10.1. The summed E-state index contributed by atoms with van der Waals surface area (Å²) < 4.78 is 77.2. The highest BCUT2D eigenvalue weighted by Gasteiger charge is 2.30. The topological polar surface area (TPSA) is 113 Å². The van der Waals surface area contributed by atoms with Gasteiger partial charge in [-0.1, -0.05) is 17.7 Å². The van der Waals surface area contributed by atoms with Crippen molar-refractivity contribution in [2.24, 2.45) is 4.99 Å². The second kappa shape index (κ2) is 10.3. The summed E-state index contributed by atoms with van der Waals surface area (Å²) in [7, 11) is -3.63. The van der Waals surface area contributed by atoms with E-state index in [4.69, 9.17) is 11.6 Å². The summed E-state index contributed by atoms with van der Waals surface area (Å²) in [6, 6.07) is 11.1. The SMILES string of the molecule is CS(=O)(=O)Nc1cccc(N=C(NC(=O)c2ccc(C(F)(F)F)cc2)Nc2cc(F)cc(Cl)c2)n1. The molecule has 1 aromatic heterocycles. The van der Waals surface area contributed by atoms with Gasteiger partial charge in [0.1, 0.15) is 11.6 Å². The van der Waals surface area contributed by atoms with Crippen LogP contribution in [0, 0.1) is 5.82 Å². The summed E-state index contributed by atoms with van der Waals surface area (Å²) >= 11 is 5.85. The minimum atomic E-state index is -4.57. The number of halogens is 5. The average molecular weight is 530 g/mol. The number of hydrogen-bond acceptors (Lipinski definition) is 5. The van der Waals surface area contributed by atoms with Gasteiger partial charge < -0.3 is 5.32 Å². The highest BCUT2D eigenvalue weighted by atomic mass is 35.5. The molecule has 0 radical (unpaired) electrons. The molecule has 0 fully saturated rings. The number of nitrogens with one attached hydrogen (secondary N) is 3. The normalized spacial score (nSPS) is 12.2. The molecular formula is C21H16ClF4N5O3S. The molecule has 0 bridgehead atoms. The number of sulfonamides is 1. The third-order valence-corrected chi connectivity index (χ3v) is 4.88. The van der Waals surface area contributed by atoms with E-state index in [9.17, 15) is 30.8 Å². The maximum atomic E-state index is 13.8. The number of anilines is 2. The molecule has 2 aromatic carbocycles. The molecule has 1 amide bonds. The second-order valence-corrected chi connectivity index (χ2v) is 9.21. The monoisotopic (exact) mass is 529 g/mol. The molecule has 1 heterocycles. The number of aromatic nitrogens is 1. The molecule has 0 aliphatic heterocycles. The first kappa shape index (κ1) is 25.9. The first-order valence-corrected chi connectivity index (χ1v) is 11.8. The fourth-order valence-electron chi connectivity index (χ4n) is 2.69. The molecule has 3 aromatic rings. The lowest BCUT2D eigenvalue weighted by Gasteiger charge is -2.13. The number of carbonyl (C=O) groups excluding carboxylic acids is 1. The second-order valence-electron chi connectivity index (χ2n) is 7.03. The predicted molar refractivity (Wildman–Crippen MR) is 124 cm³/mol. The zero-order chi connectivity index (χ0) is 25.8. The summed E-state index contributed by atoms with van der Waals surface area (Å²) in [6.07, 6.45) is -3.65. The van der Waals surface area contributed by atoms with E-state index >= 15 is 0 Å². The highest BCUT2D eigenvalue weighted by molar-refractivity contribution is 7.92. The van der Waals surface area contributed by atoms with Gasteiger partial charge >= 0.3 is 6.18 Å². The maximum absolute atomic E-state index is 13.8. The molecule has 0 unspecified atom stereocenters. The molecule has 0 aliphatic rings. The molecular weight excluding hydrogens is 514 g/mol. The summed E-state index contributed by atoms with van der Waals surface area (Å²) in [5.74, 6) is -1.93. The molecule has 35 heavy (non-hydrogen) atoms. The van der Waals surface area contributed by atoms with Crippen molar-refractivity contribution < 1.29 is 30.8 Å². The Hall–Kier alpha value is -3.71. The zero-order valence-electron chi connectivity index (χ0n) is 17.7. The van der Waals surface area contributed by atoms with Crippen LogP contribution >= 0.6 is 11.6 Å². The van der Waals surface area contributed by atoms with Gasteiger partial charge in [-0.05, 0) is 54.6 Å². The average Bonchev–Trinajstić information content (AvgIpc) is 2.71. The van der Waals surface area contributed by atoms with Crippen LogP contribution in [0.5, 0.6) is 0 Å². The zero-order valence-corrected chi connectivity index (χ0v) is 19.3. The standard InChI is InChI=1S/C21H16ClF4N5O3S/c1-35(33,34)31-18-4-2-3-17(28-18)29-20(27-16-10-14(22)9-15(23)11-16)30-19(32)12-5-7-13(8-6-12)21(24,25)26/h2-11H,1H3,(H3,27,28,29,30,31,32). The van der Waals surface area contributed by atoms with Crippen LogP contribution in [0.1, 0.15) is 15.9 Å². The van der Waals surface area contributed by atoms with Gasteiger partial charge in [0, 0.05) is 16.3 Å². The number of aliphatic imine (C=N–C) groups is 1. The Kier molecular flexibility index (Phi) is 7.60. The van der Waals surface area contributed by atoms with Crippen LogP contribution in [0.25, 0.3) is 0 Å². The largest absolute Gasteiger partial charge is 0.416 e. The lowest BCUT2D eigenvalue weighted by molar-refractivity contribution is -0.137.